The van der Waals surface area contributed by atoms with Crippen molar-refractivity contribution in [3.63, 3.8) is 0 Å². The Morgan fingerprint density at radius 2 is 2.04 bits per heavy atom. The molecular weight excluding hydrogens is 318 g/mol. The molecule has 1 aromatic heterocycles. The first-order valence-corrected chi connectivity index (χ1v) is 8.56. The molecule has 0 radical (unpaired) electrons. The van der Waals surface area contributed by atoms with E-state index in [4.69, 9.17) is 5.11 Å². The van der Waals surface area contributed by atoms with E-state index in [1.807, 2.05) is 12.1 Å². The lowest BCUT2D eigenvalue weighted by Gasteiger charge is -2.08. The van der Waals surface area contributed by atoms with Crippen LogP contribution in [0.15, 0.2) is 35.4 Å². The maximum atomic E-state index is 12.3. The molecule has 1 heterocycles. The fourth-order valence-electron chi connectivity index (χ4n) is 2.14. The summed E-state index contributed by atoms with van der Waals surface area (Å²) in [5.74, 6) is -0.858. The van der Waals surface area contributed by atoms with Crippen LogP contribution in [0, 0.1) is 6.92 Å². The van der Waals surface area contributed by atoms with Crippen molar-refractivity contribution in [1.29, 1.82) is 0 Å². The molecule has 0 unspecified atom stereocenters. The van der Waals surface area contributed by atoms with Gasteiger partial charge in [0.25, 0.3) is 0 Å². The molecule has 0 aliphatic carbocycles. The van der Waals surface area contributed by atoms with E-state index in [1.165, 1.54) is 10.9 Å². The molecular formula is C15H19N3O4S. The molecule has 0 amide bonds. The van der Waals surface area contributed by atoms with Crippen LogP contribution in [0.1, 0.15) is 23.2 Å². The lowest BCUT2D eigenvalue weighted by molar-refractivity contribution is -0.136. The molecule has 2 aromatic rings. The van der Waals surface area contributed by atoms with E-state index in [9.17, 15) is 13.2 Å². The van der Waals surface area contributed by atoms with Crippen LogP contribution in [-0.2, 0) is 34.8 Å². The van der Waals surface area contributed by atoms with Crippen molar-refractivity contribution in [2.45, 2.75) is 31.2 Å². The number of aliphatic carboxylic acids is 1. The highest BCUT2D eigenvalue weighted by atomic mass is 32.2. The largest absolute Gasteiger partial charge is 0.481 e. The van der Waals surface area contributed by atoms with Gasteiger partial charge >= 0.3 is 5.97 Å². The number of benzene rings is 1. The number of rotatable bonds is 7. The normalized spacial score (nSPS) is 11.6. The molecule has 0 fully saturated rings. The predicted molar refractivity (Wildman–Crippen MR) is 84.4 cm³/mol. The van der Waals surface area contributed by atoms with Crippen LogP contribution in [0.2, 0.25) is 0 Å². The first-order valence-electron chi connectivity index (χ1n) is 7.07. The number of nitrogens with one attached hydrogen (secondary N) is 1. The molecule has 0 saturated heterocycles. The zero-order chi connectivity index (χ0) is 17.0. The summed E-state index contributed by atoms with van der Waals surface area (Å²) in [5, 5.41) is 12.6. The highest BCUT2D eigenvalue weighted by Gasteiger charge is 2.19. The number of aromatic nitrogens is 2. The second kappa shape index (κ2) is 6.93. The molecule has 0 aliphatic rings. The van der Waals surface area contributed by atoms with Gasteiger partial charge in [-0.15, -0.1) is 0 Å². The van der Waals surface area contributed by atoms with Crippen LogP contribution in [0.5, 0.6) is 0 Å². The van der Waals surface area contributed by atoms with Gasteiger partial charge in [-0.25, -0.2) is 13.1 Å². The van der Waals surface area contributed by atoms with E-state index < -0.39 is 16.0 Å². The third-order valence-electron chi connectivity index (χ3n) is 3.56. The molecule has 0 aliphatic heterocycles. The molecule has 0 atom stereocenters. The van der Waals surface area contributed by atoms with Crippen LogP contribution in [0.4, 0.5) is 0 Å². The van der Waals surface area contributed by atoms with Crippen LogP contribution in [0.3, 0.4) is 0 Å². The van der Waals surface area contributed by atoms with E-state index in [1.54, 1.807) is 26.1 Å². The van der Waals surface area contributed by atoms with Gasteiger partial charge in [-0.3, -0.25) is 9.48 Å². The number of hydrogen-bond acceptors (Lipinski definition) is 4. The number of sulfonamides is 1. The van der Waals surface area contributed by atoms with E-state index in [2.05, 4.69) is 9.82 Å². The van der Waals surface area contributed by atoms with Gasteiger partial charge in [-0.05, 0) is 24.5 Å². The van der Waals surface area contributed by atoms with Crippen LogP contribution in [0.25, 0.3) is 0 Å². The first-order chi connectivity index (χ1) is 10.8. The summed E-state index contributed by atoms with van der Waals surface area (Å²) in [6.07, 6.45) is 1.78. The van der Waals surface area contributed by atoms with Crippen molar-refractivity contribution in [3.05, 3.63) is 47.3 Å². The van der Waals surface area contributed by atoms with Crippen molar-refractivity contribution in [2.75, 3.05) is 0 Å². The lowest BCUT2D eigenvalue weighted by atomic mass is 10.1. The number of carbonyl (C=O) groups is 1. The van der Waals surface area contributed by atoms with E-state index in [0.29, 0.717) is 12.1 Å². The third-order valence-corrected chi connectivity index (χ3v) is 5.07. The minimum Gasteiger partial charge on any atom is -0.481 e. The predicted octanol–water partition coefficient (Wildman–Crippen LogP) is 1.22. The summed E-state index contributed by atoms with van der Waals surface area (Å²) in [7, 11) is -1.95. The van der Waals surface area contributed by atoms with Gasteiger partial charge in [0.2, 0.25) is 10.0 Å². The highest BCUT2D eigenvalue weighted by Crippen LogP contribution is 2.14. The van der Waals surface area contributed by atoms with Gasteiger partial charge < -0.3 is 5.11 Å². The monoisotopic (exact) mass is 337 g/mol. The number of carboxylic acid groups (broad SMARTS) is 1. The summed E-state index contributed by atoms with van der Waals surface area (Å²) in [5.41, 5.74) is 2.20. The molecule has 7 nitrogen and oxygen atoms in total. The van der Waals surface area contributed by atoms with Crippen molar-refractivity contribution in [3.8, 4) is 0 Å². The zero-order valence-electron chi connectivity index (χ0n) is 13.0. The summed E-state index contributed by atoms with van der Waals surface area (Å²) in [6, 6.07) is 7.22. The molecule has 0 saturated carbocycles. The van der Waals surface area contributed by atoms with Gasteiger partial charge in [0.15, 0.2) is 0 Å². The SMILES string of the molecule is Cc1c(S(=O)(=O)NCc2cccc(CCC(=O)O)c2)cnn1C. The Labute approximate surface area is 135 Å². The smallest absolute Gasteiger partial charge is 0.303 e. The minimum absolute atomic E-state index is 0.0457. The Balaban J connectivity index is 2.07. The van der Waals surface area contributed by atoms with Crippen molar-refractivity contribution >= 4 is 16.0 Å². The topological polar surface area (TPSA) is 101 Å². The Hall–Kier alpha value is -2.19. The van der Waals surface area contributed by atoms with Crippen molar-refractivity contribution < 1.29 is 18.3 Å². The Morgan fingerprint density at radius 3 is 2.65 bits per heavy atom. The molecule has 2 N–H and O–H groups in total. The molecule has 1 aromatic carbocycles. The molecule has 0 spiro atoms. The molecule has 2 rings (SSSR count). The van der Waals surface area contributed by atoms with Crippen LogP contribution >= 0.6 is 0 Å². The van der Waals surface area contributed by atoms with Crippen LogP contribution < -0.4 is 4.72 Å². The first kappa shape index (κ1) is 17.2. The Kier molecular flexibility index (Phi) is 5.17. The van der Waals surface area contributed by atoms with Crippen molar-refractivity contribution in [2.24, 2.45) is 7.05 Å². The Morgan fingerprint density at radius 1 is 1.35 bits per heavy atom. The van der Waals surface area contributed by atoms with Gasteiger partial charge in [-0.1, -0.05) is 24.3 Å². The number of nitrogens with zero attached hydrogens (tertiary/aromatic N) is 2. The van der Waals surface area contributed by atoms with E-state index >= 15 is 0 Å². The van der Waals surface area contributed by atoms with Gasteiger partial charge in [0, 0.05) is 20.0 Å². The van der Waals surface area contributed by atoms with E-state index in [0.717, 1.165) is 11.1 Å². The quantitative estimate of drug-likeness (QED) is 0.791. The summed E-state index contributed by atoms with van der Waals surface area (Å²) < 4.78 is 28.6. The fraction of sp³-hybridized carbons (Fsp3) is 0.333. The second-order valence-corrected chi connectivity index (χ2v) is 6.99. The third kappa shape index (κ3) is 4.40. The summed E-state index contributed by atoms with van der Waals surface area (Å²) >= 11 is 0. The van der Waals surface area contributed by atoms with Crippen molar-refractivity contribution in [1.82, 2.24) is 14.5 Å². The van der Waals surface area contributed by atoms with Crippen LogP contribution in [-0.4, -0.2) is 29.3 Å². The van der Waals surface area contributed by atoms with Gasteiger partial charge in [0.1, 0.15) is 4.90 Å². The molecule has 0 bridgehead atoms. The minimum atomic E-state index is -3.63. The number of carboxylic acids is 1. The van der Waals surface area contributed by atoms with Gasteiger partial charge in [-0.2, -0.15) is 5.10 Å². The molecule has 124 valence electrons. The van der Waals surface area contributed by atoms with E-state index in [-0.39, 0.29) is 17.9 Å². The maximum Gasteiger partial charge on any atom is 0.303 e. The van der Waals surface area contributed by atoms with Gasteiger partial charge in [0.05, 0.1) is 11.9 Å². The number of hydrogen-bond donors (Lipinski definition) is 2. The Bertz CT molecular complexity index is 812. The number of aryl methyl sites for hydroxylation is 2. The average Bonchev–Trinajstić information content (AvgIpc) is 2.84. The molecule has 23 heavy (non-hydrogen) atoms. The standard InChI is InChI=1S/C15H19N3O4S/c1-11-14(10-16-18(11)2)23(21,22)17-9-13-5-3-4-12(8-13)6-7-15(19)20/h3-5,8,10,17H,6-7,9H2,1-2H3,(H,19,20). The maximum absolute atomic E-state index is 12.3. The fourth-order valence-corrected chi connectivity index (χ4v) is 3.36. The highest BCUT2D eigenvalue weighted by molar-refractivity contribution is 7.89. The molecule has 8 heteroatoms. The zero-order valence-corrected chi connectivity index (χ0v) is 13.8. The second-order valence-electron chi connectivity index (χ2n) is 5.26. The summed E-state index contributed by atoms with van der Waals surface area (Å²) in [6.45, 7) is 1.83. The lowest BCUT2D eigenvalue weighted by Crippen LogP contribution is -2.23. The summed E-state index contributed by atoms with van der Waals surface area (Å²) in [4.78, 5) is 10.8. The average molecular weight is 337 g/mol.